The highest BCUT2D eigenvalue weighted by Gasteiger charge is 2.29. The molecule has 1 aliphatic heterocycles. The lowest BCUT2D eigenvalue weighted by Crippen LogP contribution is -2.33. The van der Waals surface area contributed by atoms with E-state index in [1.165, 1.54) is 50.6 Å². The topological polar surface area (TPSA) is 21.3 Å². The molecule has 0 unspecified atom stereocenters. The third-order valence-electron chi connectivity index (χ3n) is 5.02. The van der Waals surface area contributed by atoms with E-state index in [2.05, 4.69) is 35.6 Å². The molecule has 3 rings (SSSR count). The molecule has 1 N–H and O–H groups in total. The van der Waals surface area contributed by atoms with Gasteiger partial charge in [0.1, 0.15) is 0 Å². The first kappa shape index (κ1) is 14.1. The van der Waals surface area contributed by atoms with E-state index in [1.54, 1.807) is 0 Å². The Hall–Kier alpha value is -0.860. The summed E-state index contributed by atoms with van der Waals surface area (Å²) in [5.74, 6) is 1.72. The second-order valence-corrected chi connectivity index (χ2v) is 6.48. The second kappa shape index (κ2) is 7.24. The monoisotopic (exact) mass is 273 g/mol. The molecule has 1 heterocycles. The van der Waals surface area contributed by atoms with E-state index >= 15 is 0 Å². The van der Waals surface area contributed by atoms with Gasteiger partial charge in [0.2, 0.25) is 0 Å². The van der Waals surface area contributed by atoms with Crippen LogP contribution in [0.25, 0.3) is 0 Å². The standard InChI is InChI=1S/C18H27NO/c1-2-5-15(6-3-1)13-20-14-16-8-10-17(11-9-16)18-7-4-12-19-18/h1-3,5-6,16-19H,4,7-14H2/t16?,17?,18-/m1/s1. The van der Waals surface area contributed by atoms with E-state index in [4.69, 9.17) is 4.74 Å². The van der Waals surface area contributed by atoms with Crippen LogP contribution in [-0.2, 0) is 11.3 Å². The van der Waals surface area contributed by atoms with E-state index in [1.807, 2.05) is 0 Å². The van der Waals surface area contributed by atoms with Crippen molar-refractivity contribution >= 4 is 0 Å². The Kier molecular flexibility index (Phi) is 5.10. The summed E-state index contributed by atoms with van der Waals surface area (Å²) in [4.78, 5) is 0. The van der Waals surface area contributed by atoms with Crippen LogP contribution in [0.5, 0.6) is 0 Å². The molecule has 20 heavy (non-hydrogen) atoms. The average Bonchev–Trinajstić information content (AvgIpc) is 3.03. The molecule has 2 aliphatic rings. The van der Waals surface area contributed by atoms with E-state index in [0.717, 1.165) is 31.1 Å². The molecule has 0 aromatic heterocycles. The predicted octanol–water partition coefficient (Wildman–Crippen LogP) is 3.76. The second-order valence-electron chi connectivity index (χ2n) is 6.48. The van der Waals surface area contributed by atoms with Gasteiger partial charge in [-0.2, -0.15) is 0 Å². The predicted molar refractivity (Wildman–Crippen MR) is 82.6 cm³/mol. The van der Waals surface area contributed by atoms with Gasteiger partial charge in [-0.1, -0.05) is 30.3 Å². The number of hydrogen-bond donors (Lipinski definition) is 1. The van der Waals surface area contributed by atoms with Crippen LogP contribution in [0.3, 0.4) is 0 Å². The van der Waals surface area contributed by atoms with Crippen molar-refractivity contribution in [3.63, 3.8) is 0 Å². The molecule has 2 heteroatoms. The molecule has 1 aliphatic carbocycles. The summed E-state index contributed by atoms with van der Waals surface area (Å²) in [6.45, 7) is 2.95. The maximum absolute atomic E-state index is 5.90. The first-order valence-corrected chi connectivity index (χ1v) is 8.27. The lowest BCUT2D eigenvalue weighted by atomic mass is 9.78. The first-order chi connectivity index (χ1) is 9.92. The Morgan fingerprint density at radius 3 is 2.50 bits per heavy atom. The zero-order valence-electron chi connectivity index (χ0n) is 12.4. The number of rotatable bonds is 5. The molecule has 0 spiro atoms. The normalized spacial score (nSPS) is 30.5. The van der Waals surface area contributed by atoms with Gasteiger partial charge >= 0.3 is 0 Å². The zero-order valence-corrected chi connectivity index (χ0v) is 12.4. The van der Waals surface area contributed by atoms with Crippen LogP contribution in [0, 0.1) is 11.8 Å². The summed E-state index contributed by atoms with van der Waals surface area (Å²) in [5.41, 5.74) is 1.29. The van der Waals surface area contributed by atoms with Crippen LogP contribution in [0.15, 0.2) is 30.3 Å². The minimum absolute atomic E-state index is 0.769. The van der Waals surface area contributed by atoms with Crippen molar-refractivity contribution in [3.8, 4) is 0 Å². The number of nitrogens with one attached hydrogen (secondary N) is 1. The Morgan fingerprint density at radius 1 is 1.00 bits per heavy atom. The van der Waals surface area contributed by atoms with Gasteiger partial charge in [0.15, 0.2) is 0 Å². The van der Waals surface area contributed by atoms with Crippen LogP contribution < -0.4 is 5.32 Å². The van der Waals surface area contributed by atoms with Crippen LogP contribution in [0.1, 0.15) is 44.1 Å². The van der Waals surface area contributed by atoms with E-state index < -0.39 is 0 Å². The van der Waals surface area contributed by atoms with E-state index in [9.17, 15) is 0 Å². The minimum Gasteiger partial charge on any atom is -0.376 e. The Labute approximate surface area is 122 Å². The number of benzene rings is 1. The molecule has 2 fully saturated rings. The van der Waals surface area contributed by atoms with Gasteiger partial charge in [0.05, 0.1) is 6.61 Å². The molecular formula is C18H27NO. The van der Waals surface area contributed by atoms with Crippen LogP contribution in [-0.4, -0.2) is 19.2 Å². The zero-order chi connectivity index (χ0) is 13.6. The molecule has 1 saturated heterocycles. The molecule has 0 bridgehead atoms. The van der Waals surface area contributed by atoms with Crippen LogP contribution >= 0.6 is 0 Å². The van der Waals surface area contributed by atoms with Gasteiger partial charge in [-0.3, -0.25) is 0 Å². The summed E-state index contributed by atoms with van der Waals surface area (Å²) in [7, 11) is 0. The van der Waals surface area contributed by atoms with Gasteiger partial charge in [0.25, 0.3) is 0 Å². The number of hydrogen-bond acceptors (Lipinski definition) is 2. The lowest BCUT2D eigenvalue weighted by Gasteiger charge is -2.32. The van der Waals surface area contributed by atoms with Crippen molar-refractivity contribution in [2.24, 2.45) is 11.8 Å². The molecule has 110 valence electrons. The maximum Gasteiger partial charge on any atom is 0.0717 e. The smallest absolute Gasteiger partial charge is 0.0717 e. The summed E-state index contributed by atoms with van der Waals surface area (Å²) in [6.07, 6.45) is 8.30. The highest BCUT2D eigenvalue weighted by atomic mass is 16.5. The highest BCUT2D eigenvalue weighted by molar-refractivity contribution is 5.13. The molecule has 1 aromatic rings. The molecule has 1 saturated carbocycles. The molecule has 2 nitrogen and oxygen atoms in total. The van der Waals surface area contributed by atoms with Gasteiger partial charge in [-0.15, -0.1) is 0 Å². The average molecular weight is 273 g/mol. The fourth-order valence-electron chi connectivity index (χ4n) is 3.79. The molecule has 1 atom stereocenters. The third kappa shape index (κ3) is 3.83. The van der Waals surface area contributed by atoms with E-state index in [0.29, 0.717) is 0 Å². The van der Waals surface area contributed by atoms with Gasteiger partial charge in [0, 0.05) is 12.6 Å². The van der Waals surface area contributed by atoms with Crippen molar-refractivity contribution in [1.82, 2.24) is 5.32 Å². The van der Waals surface area contributed by atoms with Crippen LogP contribution in [0.2, 0.25) is 0 Å². The Balaban J connectivity index is 1.34. The summed E-state index contributed by atoms with van der Waals surface area (Å²) in [6, 6.07) is 11.3. The lowest BCUT2D eigenvalue weighted by molar-refractivity contribution is 0.0641. The molecular weight excluding hydrogens is 246 g/mol. The SMILES string of the molecule is c1ccc(COCC2CCC([C@H]3CCCN3)CC2)cc1. The highest BCUT2D eigenvalue weighted by Crippen LogP contribution is 2.33. The molecule has 0 amide bonds. The van der Waals surface area contributed by atoms with Crippen molar-refractivity contribution in [3.05, 3.63) is 35.9 Å². The third-order valence-corrected chi connectivity index (χ3v) is 5.02. The first-order valence-electron chi connectivity index (χ1n) is 8.27. The van der Waals surface area contributed by atoms with Gasteiger partial charge in [-0.25, -0.2) is 0 Å². The van der Waals surface area contributed by atoms with Crippen molar-refractivity contribution in [2.45, 2.75) is 51.2 Å². The largest absolute Gasteiger partial charge is 0.376 e. The Bertz CT molecular complexity index is 378. The summed E-state index contributed by atoms with van der Waals surface area (Å²) < 4.78 is 5.90. The Morgan fingerprint density at radius 2 is 1.80 bits per heavy atom. The minimum atomic E-state index is 0.769. The van der Waals surface area contributed by atoms with Crippen molar-refractivity contribution < 1.29 is 4.74 Å². The van der Waals surface area contributed by atoms with E-state index in [-0.39, 0.29) is 0 Å². The molecule has 0 radical (unpaired) electrons. The quantitative estimate of drug-likeness (QED) is 0.882. The van der Waals surface area contributed by atoms with Crippen LogP contribution in [0.4, 0.5) is 0 Å². The molecule has 1 aromatic carbocycles. The number of ether oxygens (including phenoxy) is 1. The maximum atomic E-state index is 5.90. The fourth-order valence-corrected chi connectivity index (χ4v) is 3.79. The summed E-state index contributed by atoms with van der Waals surface area (Å²) in [5, 5.41) is 3.67. The summed E-state index contributed by atoms with van der Waals surface area (Å²) >= 11 is 0. The van der Waals surface area contributed by atoms with Gasteiger partial charge < -0.3 is 10.1 Å². The fraction of sp³-hybridized carbons (Fsp3) is 0.667. The van der Waals surface area contributed by atoms with Gasteiger partial charge in [-0.05, 0) is 62.5 Å². The van der Waals surface area contributed by atoms with Crippen molar-refractivity contribution in [1.29, 1.82) is 0 Å². The van der Waals surface area contributed by atoms with Crippen molar-refractivity contribution in [2.75, 3.05) is 13.2 Å².